The third-order valence-electron chi connectivity index (χ3n) is 2.28. The molecule has 0 N–H and O–H groups in total. The van der Waals surface area contributed by atoms with Crippen LogP contribution in [0.15, 0.2) is 6.07 Å². The van der Waals surface area contributed by atoms with E-state index in [1.54, 1.807) is 17.9 Å². The van der Waals surface area contributed by atoms with Crippen molar-refractivity contribution >= 4 is 11.9 Å². The second-order valence-electron chi connectivity index (χ2n) is 3.80. The van der Waals surface area contributed by atoms with Crippen molar-refractivity contribution in [3.63, 3.8) is 0 Å². The Morgan fingerprint density at radius 2 is 2.28 bits per heavy atom. The van der Waals surface area contributed by atoms with Gasteiger partial charge < -0.3 is 9.64 Å². The lowest BCUT2D eigenvalue weighted by atomic mass is 10.3. The normalized spacial score (nSPS) is 9.67. The van der Waals surface area contributed by atoms with Crippen molar-refractivity contribution in [2.45, 2.75) is 20.3 Å². The number of aromatic nitrogens is 2. The Labute approximate surface area is 106 Å². The first-order chi connectivity index (χ1) is 8.60. The quantitative estimate of drug-likeness (QED) is 0.724. The minimum absolute atomic E-state index is 0.0820. The second-order valence-corrected chi connectivity index (χ2v) is 3.80. The van der Waals surface area contributed by atoms with Gasteiger partial charge in [-0.15, -0.1) is 0 Å². The van der Waals surface area contributed by atoms with Gasteiger partial charge in [0.2, 0.25) is 5.95 Å². The maximum Gasteiger partial charge on any atom is 0.325 e. The fourth-order valence-electron chi connectivity index (χ4n) is 1.49. The molecule has 0 spiro atoms. The number of nitrogens with zero attached hydrogens (tertiary/aromatic N) is 4. The molecule has 0 aromatic carbocycles. The molecule has 6 heteroatoms. The molecule has 0 saturated heterocycles. The van der Waals surface area contributed by atoms with Crippen molar-refractivity contribution in [3.8, 4) is 6.07 Å². The summed E-state index contributed by atoms with van der Waals surface area (Å²) in [5.74, 6) is 0.0332. The molecule has 0 unspecified atom stereocenters. The van der Waals surface area contributed by atoms with Crippen molar-refractivity contribution in [2.24, 2.45) is 0 Å². The van der Waals surface area contributed by atoms with Crippen LogP contribution < -0.4 is 4.90 Å². The summed E-state index contributed by atoms with van der Waals surface area (Å²) in [5, 5.41) is 8.88. The third-order valence-corrected chi connectivity index (χ3v) is 2.28. The average Bonchev–Trinajstić information content (AvgIpc) is 2.37. The number of anilines is 1. The summed E-state index contributed by atoms with van der Waals surface area (Å²) in [7, 11) is 1.34. The minimum atomic E-state index is -0.355. The highest BCUT2D eigenvalue weighted by molar-refractivity contribution is 5.74. The van der Waals surface area contributed by atoms with Crippen LogP contribution in [0.2, 0.25) is 0 Å². The van der Waals surface area contributed by atoms with Gasteiger partial charge in [-0.05, 0) is 19.4 Å². The van der Waals surface area contributed by atoms with Crippen LogP contribution in [0.1, 0.15) is 24.7 Å². The molecule has 1 heterocycles. The second kappa shape index (κ2) is 6.55. The van der Waals surface area contributed by atoms with Gasteiger partial charge in [0, 0.05) is 12.2 Å². The van der Waals surface area contributed by atoms with Crippen molar-refractivity contribution in [1.82, 2.24) is 9.97 Å². The van der Waals surface area contributed by atoms with E-state index in [-0.39, 0.29) is 12.5 Å². The van der Waals surface area contributed by atoms with E-state index in [0.717, 1.165) is 6.42 Å². The molecular formula is C12H16N4O2. The molecular weight excluding hydrogens is 232 g/mol. The highest BCUT2D eigenvalue weighted by Crippen LogP contribution is 2.10. The fourth-order valence-corrected chi connectivity index (χ4v) is 1.49. The third kappa shape index (κ3) is 3.70. The van der Waals surface area contributed by atoms with Crippen LogP contribution >= 0.6 is 0 Å². The molecule has 0 fully saturated rings. The zero-order valence-electron chi connectivity index (χ0n) is 10.8. The van der Waals surface area contributed by atoms with Crippen LogP contribution in [0.3, 0.4) is 0 Å². The first-order valence-corrected chi connectivity index (χ1v) is 5.68. The van der Waals surface area contributed by atoms with Crippen LogP contribution in [0.5, 0.6) is 0 Å². The van der Waals surface area contributed by atoms with E-state index in [0.29, 0.717) is 23.9 Å². The van der Waals surface area contributed by atoms with E-state index in [1.165, 1.54) is 7.11 Å². The van der Waals surface area contributed by atoms with Crippen LogP contribution in [0.4, 0.5) is 5.95 Å². The summed E-state index contributed by atoms with van der Waals surface area (Å²) >= 11 is 0. The molecule has 6 nitrogen and oxygen atoms in total. The number of aryl methyl sites for hydroxylation is 1. The predicted molar refractivity (Wildman–Crippen MR) is 66.0 cm³/mol. The number of hydrogen-bond acceptors (Lipinski definition) is 6. The van der Waals surface area contributed by atoms with E-state index >= 15 is 0 Å². The maximum absolute atomic E-state index is 11.3. The molecule has 0 aliphatic rings. The number of hydrogen-bond donors (Lipinski definition) is 0. The van der Waals surface area contributed by atoms with Gasteiger partial charge in [0.1, 0.15) is 18.3 Å². The zero-order valence-corrected chi connectivity index (χ0v) is 10.8. The Kier molecular flexibility index (Phi) is 5.06. The van der Waals surface area contributed by atoms with Crippen LogP contribution in [0, 0.1) is 18.3 Å². The monoisotopic (exact) mass is 248 g/mol. The number of carbonyl (C=O) groups excluding carboxylic acids is 1. The molecule has 0 aliphatic heterocycles. The number of carbonyl (C=O) groups is 1. The van der Waals surface area contributed by atoms with Gasteiger partial charge in [0.25, 0.3) is 0 Å². The first-order valence-electron chi connectivity index (χ1n) is 5.68. The van der Waals surface area contributed by atoms with Crippen molar-refractivity contribution in [3.05, 3.63) is 17.5 Å². The molecule has 1 rings (SSSR count). The Bertz CT molecular complexity index is 468. The van der Waals surface area contributed by atoms with Gasteiger partial charge in [-0.25, -0.2) is 9.97 Å². The Morgan fingerprint density at radius 3 is 2.83 bits per heavy atom. The van der Waals surface area contributed by atoms with Gasteiger partial charge in [0.05, 0.1) is 7.11 Å². The van der Waals surface area contributed by atoms with E-state index < -0.39 is 0 Å². The number of rotatable bonds is 5. The van der Waals surface area contributed by atoms with E-state index in [2.05, 4.69) is 14.7 Å². The molecule has 0 saturated carbocycles. The molecule has 0 aliphatic carbocycles. The SMILES string of the molecule is CCCN(CC(=O)OC)c1nc(C)cc(C#N)n1. The number of methoxy groups -OCH3 is 1. The first kappa shape index (κ1) is 13.9. The molecule has 0 radical (unpaired) electrons. The van der Waals surface area contributed by atoms with Crippen LogP contribution in [0.25, 0.3) is 0 Å². The lowest BCUT2D eigenvalue weighted by Crippen LogP contribution is -2.33. The van der Waals surface area contributed by atoms with Crippen LogP contribution in [-0.2, 0) is 9.53 Å². The van der Waals surface area contributed by atoms with E-state index in [4.69, 9.17) is 5.26 Å². The van der Waals surface area contributed by atoms with Gasteiger partial charge in [-0.3, -0.25) is 4.79 Å². The van der Waals surface area contributed by atoms with Gasteiger partial charge >= 0.3 is 5.97 Å². The van der Waals surface area contributed by atoms with Gasteiger partial charge in [0.15, 0.2) is 0 Å². The van der Waals surface area contributed by atoms with E-state index in [1.807, 2.05) is 13.0 Å². The summed E-state index contributed by atoms with van der Waals surface area (Å²) < 4.78 is 4.63. The number of esters is 1. The minimum Gasteiger partial charge on any atom is -0.468 e. The van der Waals surface area contributed by atoms with Crippen molar-refractivity contribution in [1.29, 1.82) is 5.26 Å². The smallest absolute Gasteiger partial charge is 0.325 e. The maximum atomic E-state index is 11.3. The van der Waals surface area contributed by atoms with Crippen molar-refractivity contribution in [2.75, 3.05) is 25.1 Å². The van der Waals surface area contributed by atoms with E-state index in [9.17, 15) is 4.79 Å². The Balaban J connectivity index is 3.01. The molecule has 0 bridgehead atoms. The molecule has 96 valence electrons. The average molecular weight is 248 g/mol. The largest absolute Gasteiger partial charge is 0.468 e. The predicted octanol–water partition coefficient (Wildman–Crippen LogP) is 1.05. The lowest BCUT2D eigenvalue weighted by molar-refractivity contribution is -0.138. The Hall–Kier alpha value is -2.16. The molecule has 0 amide bonds. The molecule has 1 aromatic heterocycles. The fraction of sp³-hybridized carbons (Fsp3) is 0.500. The standard InChI is InChI=1S/C12H16N4O2/c1-4-5-16(8-11(17)18-3)12-14-9(2)6-10(7-13)15-12/h6H,4-5,8H2,1-3H3. The van der Waals surface area contributed by atoms with Gasteiger partial charge in [-0.1, -0.05) is 6.92 Å². The molecule has 18 heavy (non-hydrogen) atoms. The topological polar surface area (TPSA) is 79.1 Å². The zero-order chi connectivity index (χ0) is 13.5. The molecule has 1 aromatic rings. The molecule has 0 atom stereocenters. The summed E-state index contributed by atoms with van der Waals surface area (Å²) in [6.07, 6.45) is 0.843. The summed E-state index contributed by atoms with van der Waals surface area (Å²) in [6, 6.07) is 3.58. The summed E-state index contributed by atoms with van der Waals surface area (Å²) in [4.78, 5) is 21.4. The van der Waals surface area contributed by atoms with Gasteiger partial charge in [-0.2, -0.15) is 5.26 Å². The highest BCUT2D eigenvalue weighted by Gasteiger charge is 2.14. The lowest BCUT2D eigenvalue weighted by Gasteiger charge is -2.20. The highest BCUT2D eigenvalue weighted by atomic mass is 16.5. The number of nitriles is 1. The number of ether oxygens (including phenoxy) is 1. The summed E-state index contributed by atoms with van der Waals surface area (Å²) in [6.45, 7) is 4.49. The van der Waals surface area contributed by atoms with Crippen molar-refractivity contribution < 1.29 is 9.53 Å². The Morgan fingerprint density at radius 1 is 1.56 bits per heavy atom. The summed E-state index contributed by atoms with van der Waals surface area (Å²) in [5.41, 5.74) is 0.992. The van der Waals surface area contributed by atoms with Crippen LogP contribution in [-0.4, -0.2) is 36.1 Å².